The highest BCUT2D eigenvalue weighted by Crippen LogP contribution is 2.38. The number of allylic oxidation sites excluding steroid dienone is 1. The molecule has 0 amide bonds. The summed E-state index contributed by atoms with van der Waals surface area (Å²) in [6.07, 6.45) is 5.51. The molecule has 3 rings (SSSR count). The van der Waals surface area contributed by atoms with Crippen LogP contribution >= 0.6 is 11.6 Å². The number of rotatable bonds is 1. The van der Waals surface area contributed by atoms with Crippen molar-refractivity contribution in [3.8, 4) is 0 Å². The van der Waals surface area contributed by atoms with Crippen LogP contribution in [0.25, 0.3) is 5.57 Å². The van der Waals surface area contributed by atoms with Crippen molar-refractivity contribution in [1.29, 1.82) is 0 Å². The zero-order valence-corrected chi connectivity index (χ0v) is 10.1. The third-order valence-corrected chi connectivity index (χ3v) is 4.07. The van der Waals surface area contributed by atoms with Gasteiger partial charge in [0.05, 0.1) is 10.7 Å². The SMILES string of the molecule is Cc1ncc(C2=CC3CNCC3C2)cc1Cl. The molecular formula is C13H15ClN2. The standard InChI is InChI=1S/C13H15ClN2/c1-8-13(14)4-12(7-16-8)9-2-10-5-15-6-11(10)3-9/h2,4,7,10-11,15H,3,5-6H2,1H3. The van der Waals surface area contributed by atoms with E-state index >= 15 is 0 Å². The smallest absolute Gasteiger partial charge is 0.0624 e. The Morgan fingerprint density at radius 2 is 2.31 bits per heavy atom. The van der Waals surface area contributed by atoms with E-state index in [2.05, 4.69) is 16.4 Å². The molecule has 2 unspecified atom stereocenters. The van der Waals surface area contributed by atoms with Crippen LogP contribution in [0.5, 0.6) is 0 Å². The quantitative estimate of drug-likeness (QED) is 0.808. The van der Waals surface area contributed by atoms with Gasteiger partial charge in [0, 0.05) is 12.7 Å². The number of hydrogen-bond acceptors (Lipinski definition) is 2. The summed E-state index contributed by atoms with van der Waals surface area (Å²) in [6.45, 7) is 4.21. The van der Waals surface area contributed by atoms with Gasteiger partial charge >= 0.3 is 0 Å². The summed E-state index contributed by atoms with van der Waals surface area (Å²) in [5.41, 5.74) is 3.53. The number of nitrogens with one attached hydrogen (secondary N) is 1. The van der Waals surface area contributed by atoms with Crippen LogP contribution in [0.2, 0.25) is 5.02 Å². The molecule has 0 bridgehead atoms. The van der Waals surface area contributed by atoms with E-state index in [9.17, 15) is 0 Å². The minimum absolute atomic E-state index is 0.718. The van der Waals surface area contributed by atoms with Crippen LogP contribution in [-0.2, 0) is 0 Å². The van der Waals surface area contributed by atoms with E-state index in [1.165, 1.54) is 17.6 Å². The highest BCUT2D eigenvalue weighted by molar-refractivity contribution is 6.31. The molecule has 84 valence electrons. The first kappa shape index (κ1) is 10.3. The zero-order valence-electron chi connectivity index (χ0n) is 9.33. The van der Waals surface area contributed by atoms with Crippen molar-refractivity contribution in [2.45, 2.75) is 13.3 Å². The molecule has 2 atom stereocenters. The molecule has 3 heteroatoms. The Morgan fingerprint density at radius 3 is 3.06 bits per heavy atom. The van der Waals surface area contributed by atoms with Crippen LogP contribution in [0, 0.1) is 18.8 Å². The molecular weight excluding hydrogens is 220 g/mol. The van der Waals surface area contributed by atoms with E-state index in [-0.39, 0.29) is 0 Å². The number of nitrogens with zero attached hydrogens (tertiary/aromatic N) is 1. The molecule has 1 fully saturated rings. The van der Waals surface area contributed by atoms with Crippen LogP contribution in [-0.4, -0.2) is 18.1 Å². The van der Waals surface area contributed by atoms with E-state index in [4.69, 9.17) is 11.6 Å². The third kappa shape index (κ3) is 1.66. The van der Waals surface area contributed by atoms with Crippen molar-refractivity contribution in [1.82, 2.24) is 10.3 Å². The summed E-state index contributed by atoms with van der Waals surface area (Å²) in [4.78, 5) is 4.33. The molecule has 0 radical (unpaired) electrons. The molecule has 1 aromatic rings. The highest BCUT2D eigenvalue weighted by Gasteiger charge is 2.31. The van der Waals surface area contributed by atoms with Crippen molar-refractivity contribution in [2.75, 3.05) is 13.1 Å². The number of pyridine rings is 1. The van der Waals surface area contributed by atoms with Gasteiger partial charge in [-0.2, -0.15) is 0 Å². The van der Waals surface area contributed by atoms with Gasteiger partial charge in [0.2, 0.25) is 0 Å². The van der Waals surface area contributed by atoms with E-state index in [0.29, 0.717) is 0 Å². The van der Waals surface area contributed by atoms with Gasteiger partial charge in [-0.15, -0.1) is 0 Å². The lowest BCUT2D eigenvalue weighted by Gasteiger charge is -2.07. The summed E-state index contributed by atoms with van der Waals surface area (Å²) < 4.78 is 0. The third-order valence-electron chi connectivity index (χ3n) is 3.69. The average molecular weight is 235 g/mol. The van der Waals surface area contributed by atoms with Crippen LogP contribution in [0.3, 0.4) is 0 Å². The predicted octanol–water partition coefficient (Wildman–Crippen LogP) is 2.67. The monoisotopic (exact) mass is 234 g/mol. The lowest BCUT2D eigenvalue weighted by Crippen LogP contribution is -2.09. The molecule has 1 aliphatic carbocycles. The van der Waals surface area contributed by atoms with Gasteiger partial charge in [-0.25, -0.2) is 0 Å². The lowest BCUT2D eigenvalue weighted by molar-refractivity contribution is 0.536. The predicted molar refractivity (Wildman–Crippen MR) is 66.4 cm³/mol. The van der Waals surface area contributed by atoms with Gasteiger partial charge in [0.25, 0.3) is 0 Å². The van der Waals surface area contributed by atoms with Crippen LogP contribution in [0.1, 0.15) is 17.7 Å². The molecule has 2 aliphatic rings. The summed E-state index contributed by atoms with van der Waals surface area (Å²) in [5.74, 6) is 1.50. The van der Waals surface area contributed by atoms with Crippen molar-refractivity contribution in [2.24, 2.45) is 11.8 Å². The normalized spacial score (nSPS) is 28.0. The fourth-order valence-electron chi connectivity index (χ4n) is 2.68. The molecule has 1 aromatic heterocycles. The van der Waals surface area contributed by atoms with Gasteiger partial charge in [-0.05, 0) is 48.9 Å². The second kappa shape index (κ2) is 3.86. The second-order valence-corrected chi connectivity index (χ2v) is 5.18. The Balaban J connectivity index is 1.90. The first-order valence-corrected chi connectivity index (χ1v) is 6.16. The molecule has 0 saturated carbocycles. The molecule has 2 heterocycles. The maximum Gasteiger partial charge on any atom is 0.0624 e. The van der Waals surface area contributed by atoms with E-state index < -0.39 is 0 Å². The molecule has 16 heavy (non-hydrogen) atoms. The highest BCUT2D eigenvalue weighted by atomic mass is 35.5. The number of halogens is 1. The Morgan fingerprint density at radius 1 is 1.44 bits per heavy atom. The van der Waals surface area contributed by atoms with Crippen LogP contribution < -0.4 is 5.32 Å². The summed E-state index contributed by atoms with van der Waals surface area (Å²) in [7, 11) is 0. The maximum atomic E-state index is 6.11. The van der Waals surface area contributed by atoms with E-state index in [1.54, 1.807) is 0 Å². The number of aromatic nitrogens is 1. The Kier molecular flexibility index (Phi) is 2.49. The van der Waals surface area contributed by atoms with Crippen molar-refractivity contribution in [3.63, 3.8) is 0 Å². The molecule has 0 spiro atoms. The van der Waals surface area contributed by atoms with Gasteiger partial charge in [-0.3, -0.25) is 4.98 Å². The molecule has 1 saturated heterocycles. The van der Waals surface area contributed by atoms with E-state index in [0.717, 1.165) is 35.6 Å². The van der Waals surface area contributed by atoms with Crippen LogP contribution in [0.15, 0.2) is 18.3 Å². The number of fused-ring (bicyclic) bond motifs is 1. The van der Waals surface area contributed by atoms with Gasteiger partial charge in [0.1, 0.15) is 0 Å². The second-order valence-electron chi connectivity index (χ2n) is 4.77. The zero-order chi connectivity index (χ0) is 11.1. The van der Waals surface area contributed by atoms with Crippen molar-refractivity contribution in [3.05, 3.63) is 34.6 Å². The fraction of sp³-hybridized carbons (Fsp3) is 0.462. The first-order valence-electron chi connectivity index (χ1n) is 5.78. The molecule has 1 N–H and O–H groups in total. The first-order chi connectivity index (χ1) is 7.74. The molecule has 0 aromatic carbocycles. The lowest BCUT2D eigenvalue weighted by atomic mass is 9.99. The van der Waals surface area contributed by atoms with Crippen LogP contribution in [0.4, 0.5) is 0 Å². The maximum absolute atomic E-state index is 6.11. The molecule has 1 aliphatic heterocycles. The summed E-state index contributed by atoms with van der Waals surface area (Å²) in [5, 5.41) is 4.20. The topological polar surface area (TPSA) is 24.9 Å². The van der Waals surface area contributed by atoms with Gasteiger partial charge < -0.3 is 5.32 Å². The number of hydrogen-bond donors (Lipinski definition) is 1. The van der Waals surface area contributed by atoms with E-state index in [1.807, 2.05) is 19.2 Å². The largest absolute Gasteiger partial charge is 0.316 e. The summed E-state index contributed by atoms with van der Waals surface area (Å²) >= 11 is 6.11. The Hall–Kier alpha value is -0.860. The van der Waals surface area contributed by atoms with Crippen molar-refractivity contribution < 1.29 is 0 Å². The van der Waals surface area contributed by atoms with Gasteiger partial charge in [-0.1, -0.05) is 17.7 Å². The average Bonchev–Trinajstić information content (AvgIpc) is 2.81. The number of aryl methyl sites for hydroxylation is 1. The van der Waals surface area contributed by atoms with Crippen molar-refractivity contribution >= 4 is 17.2 Å². The fourth-order valence-corrected chi connectivity index (χ4v) is 2.84. The van der Waals surface area contributed by atoms with Gasteiger partial charge in [0.15, 0.2) is 0 Å². The summed E-state index contributed by atoms with van der Waals surface area (Å²) in [6, 6.07) is 2.05. The minimum Gasteiger partial charge on any atom is -0.316 e. The Bertz CT molecular complexity index is 453. The molecule has 2 nitrogen and oxygen atoms in total. The minimum atomic E-state index is 0.718. The Labute approximate surface area is 101 Å².